The lowest BCUT2D eigenvalue weighted by Crippen LogP contribution is -2.36. The van der Waals surface area contributed by atoms with E-state index < -0.39 is 23.6 Å². The van der Waals surface area contributed by atoms with Gasteiger partial charge in [-0.25, -0.2) is 0 Å². The van der Waals surface area contributed by atoms with Crippen molar-refractivity contribution in [1.82, 2.24) is 4.90 Å². The van der Waals surface area contributed by atoms with Crippen molar-refractivity contribution >= 4 is 52.2 Å². The summed E-state index contributed by atoms with van der Waals surface area (Å²) < 4.78 is 11.0. The van der Waals surface area contributed by atoms with Crippen LogP contribution in [0.15, 0.2) is 47.4 Å². The normalized spacial score (nSPS) is 17.0. The molecule has 7 nitrogen and oxygen atoms in total. The summed E-state index contributed by atoms with van der Waals surface area (Å²) in [6.07, 6.45) is 1.59. The molecular weight excluding hydrogens is 416 g/mol. The van der Waals surface area contributed by atoms with Gasteiger partial charge in [0.25, 0.3) is 11.1 Å². The molecule has 3 amide bonds. The maximum atomic E-state index is 12.6. The first-order chi connectivity index (χ1) is 14.0. The zero-order valence-corrected chi connectivity index (χ0v) is 16.6. The van der Waals surface area contributed by atoms with Gasteiger partial charge < -0.3 is 14.8 Å². The smallest absolute Gasteiger partial charge is 0.294 e. The minimum absolute atomic E-state index is 0.234. The summed E-state index contributed by atoms with van der Waals surface area (Å²) in [4.78, 5) is 38.3. The summed E-state index contributed by atoms with van der Waals surface area (Å²) in [6.45, 7) is 0.545. The number of amides is 3. The van der Waals surface area contributed by atoms with E-state index in [0.717, 1.165) is 16.7 Å². The van der Waals surface area contributed by atoms with Crippen molar-refractivity contribution < 1.29 is 23.9 Å². The Labute approximate surface area is 175 Å². The van der Waals surface area contributed by atoms with E-state index in [1.54, 1.807) is 48.5 Å². The van der Waals surface area contributed by atoms with E-state index >= 15 is 0 Å². The number of hydrogen-bond donors (Lipinski definition) is 1. The fraction of sp³-hybridized carbons (Fsp3) is 0.150. The van der Waals surface area contributed by atoms with E-state index in [9.17, 15) is 14.4 Å². The summed E-state index contributed by atoms with van der Waals surface area (Å²) >= 11 is 6.80. The van der Waals surface area contributed by atoms with Crippen LogP contribution in [0.25, 0.3) is 6.08 Å². The van der Waals surface area contributed by atoms with Crippen LogP contribution in [0.2, 0.25) is 5.02 Å². The number of hydrogen-bond acceptors (Lipinski definition) is 6. The molecule has 0 spiro atoms. The Balaban J connectivity index is 1.46. The van der Waals surface area contributed by atoms with Crippen molar-refractivity contribution in [1.29, 1.82) is 0 Å². The number of carbonyl (C=O) groups excluding carboxylic acids is 3. The molecule has 0 bridgehead atoms. The van der Waals surface area contributed by atoms with Crippen LogP contribution >= 0.6 is 23.4 Å². The molecular formula is C20H15ClN2O5S. The number of thioether (sulfide) groups is 1. The minimum Gasteiger partial charge on any atom is -0.486 e. The molecule has 1 saturated heterocycles. The Bertz CT molecular complexity index is 1040. The predicted octanol–water partition coefficient (Wildman–Crippen LogP) is 3.79. The number of benzene rings is 2. The highest BCUT2D eigenvalue weighted by molar-refractivity contribution is 8.18. The molecule has 29 heavy (non-hydrogen) atoms. The highest BCUT2D eigenvalue weighted by Crippen LogP contribution is 2.35. The molecule has 2 aliphatic heterocycles. The molecule has 2 aromatic rings. The first kappa shape index (κ1) is 19.4. The van der Waals surface area contributed by atoms with Crippen LogP contribution in [-0.2, 0) is 9.59 Å². The third-order valence-corrected chi connectivity index (χ3v) is 5.42. The Morgan fingerprint density at radius 3 is 2.69 bits per heavy atom. The number of rotatable bonds is 4. The number of ether oxygens (including phenoxy) is 2. The van der Waals surface area contributed by atoms with E-state index in [0.29, 0.717) is 41.0 Å². The molecule has 1 N–H and O–H groups in total. The Morgan fingerprint density at radius 2 is 1.90 bits per heavy atom. The molecule has 0 atom stereocenters. The van der Waals surface area contributed by atoms with Crippen molar-refractivity contribution in [3.63, 3.8) is 0 Å². The van der Waals surface area contributed by atoms with Crippen molar-refractivity contribution in [3.8, 4) is 11.5 Å². The molecule has 0 unspecified atom stereocenters. The quantitative estimate of drug-likeness (QED) is 0.743. The number of fused-ring (bicyclic) bond motifs is 1. The Kier molecular flexibility index (Phi) is 5.46. The van der Waals surface area contributed by atoms with Crippen LogP contribution < -0.4 is 14.8 Å². The number of imide groups is 1. The minimum atomic E-state index is -0.524. The summed E-state index contributed by atoms with van der Waals surface area (Å²) in [5.41, 5.74) is 1.11. The second-order valence-corrected chi connectivity index (χ2v) is 7.60. The second kappa shape index (κ2) is 8.18. The van der Waals surface area contributed by atoms with Gasteiger partial charge in [-0.2, -0.15) is 0 Å². The number of carbonyl (C=O) groups is 3. The maximum Gasteiger partial charge on any atom is 0.294 e. The van der Waals surface area contributed by atoms with Crippen LogP contribution in [0, 0.1) is 0 Å². The van der Waals surface area contributed by atoms with E-state index in [4.69, 9.17) is 21.1 Å². The number of nitrogens with one attached hydrogen (secondary N) is 1. The van der Waals surface area contributed by atoms with Gasteiger partial charge in [-0.15, -0.1) is 0 Å². The predicted molar refractivity (Wildman–Crippen MR) is 110 cm³/mol. The van der Waals surface area contributed by atoms with Crippen molar-refractivity contribution in [3.05, 3.63) is 58.0 Å². The van der Waals surface area contributed by atoms with Gasteiger partial charge in [0.15, 0.2) is 11.5 Å². The Morgan fingerprint density at radius 1 is 1.14 bits per heavy atom. The van der Waals surface area contributed by atoms with E-state index in [-0.39, 0.29) is 4.91 Å². The van der Waals surface area contributed by atoms with E-state index in [1.807, 2.05) is 0 Å². The lowest BCUT2D eigenvalue weighted by atomic mass is 10.1. The average Bonchev–Trinajstić information content (AvgIpc) is 2.97. The lowest BCUT2D eigenvalue weighted by molar-refractivity contribution is -0.127. The van der Waals surface area contributed by atoms with Crippen molar-refractivity contribution in [2.24, 2.45) is 0 Å². The molecule has 4 rings (SSSR count). The van der Waals surface area contributed by atoms with Crippen LogP contribution in [0.4, 0.5) is 10.5 Å². The summed E-state index contributed by atoms with van der Waals surface area (Å²) in [7, 11) is 0. The van der Waals surface area contributed by atoms with Crippen LogP contribution in [0.5, 0.6) is 11.5 Å². The molecule has 148 valence electrons. The fourth-order valence-corrected chi connectivity index (χ4v) is 3.85. The molecule has 1 fully saturated rings. The average molecular weight is 431 g/mol. The third kappa shape index (κ3) is 4.23. The zero-order chi connectivity index (χ0) is 20.4. The fourth-order valence-electron chi connectivity index (χ4n) is 2.83. The van der Waals surface area contributed by atoms with Crippen LogP contribution in [0.1, 0.15) is 5.56 Å². The van der Waals surface area contributed by atoms with Gasteiger partial charge in [0.2, 0.25) is 5.91 Å². The van der Waals surface area contributed by atoms with Crippen LogP contribution in [0.3, 0.4) is 0 Å². The van der Waals surface area contributed by atoms with Gasteiger partial charge in [0, 0.05) is 0 Å². The third-order valence-electron chi connectivity index (χ3n) is 4.19. The number of halogens is 1. The number of nitrogens with zero attached hydrogens (tertiary/aromatic N) is 1. The van der Waals surface area contributed by atoms with Gasteiger partial charge in [-0.1, -0.05) is 29.8 Å². The largest absolute Gasteiger partial charge is 0.486 e. The van der Waals surface area contributed by atoms with E-state index in [2.05, 4.69) is 5.32 Å². The summed E-state index contributed by atoms with van der Waals surface area (Å²) in [5.74, 6) is 0.186. The molecule has 2 heterocycles. The Hall–Kier alpha value is -2.97. The van der Waals surface area contributed by atoms with Gasteiger partial charge >= 0.3 is 0 Å². The molecule has 2 aromatic carbocycles. The van der Waals surface area contributed by atoms with E-state index in [1.165, 1.54) is 0 Å². The highest BCUT2D eigenvalue weighted by Gasteiger charge is 2.36. The second-order valence-electron chi connectivity index (χ2n) is 6.20. The monoisotopic (exact) mass is 430 g/mol. The molecule has 2 aliphatic rings. The first-order valence-corrected chi connectivity index (χ1v) is 9.90. The summed E-state index contributed by atoms with van der Waals surface area (Å²) in [5, 5.41) is 2.46. The summed E-state index contributed by atoms with van der Waals surface area (Å²) in [6, 6.07) is 12.0. The molecule has 0 aliphatic carbocycles. The van der Waals surface area contributed by atoms with Crippen molar-refractivity contribution in [2.75, 3.05) is 25.1 Å². The number of para-hydroxylation sites is 1. The molecule has 0 aromatic heterocycles. The standard InChI is InChI=1S/C20H15ClN2O5S/c21-13-3-1-2-4-14(13)22-18(24)11-23-19(25)17(29-20(23)26)10-12-5-6-15-16(9-12)28-8-7-27-15/h1-6,9-10H,7-8,11H2,(H,22,24)/b17-10+. The van der Waals surface area contributed by atoms with Crippen LogP contribution in [-0.4, -0.2) is 41.7 Å². The van der Waals surface area contributed by atoms with Gasteiger partial charge in [-0.05, 0) is 47.7 Å². The molecule has 9 heteroatoms. The van der Waals surface area contributed by atoms with Gasteiger partial charge in [0.1, 0.15) is 19.8 Å². The van der Waals surface area contributed by atoms with Crippen molar-refractivity contribution in [2.45, 2.75) is 0 Å². The highest BCUT2D eigenvalue weighted by atomic mass is 35.5. The molecule has 0 saturated carbocycles. The zero-order valence-electron chi connectivity index (χ0n) is 15.0. The topological polar surface area (TPSA) is 84.9 Å². The van der Waals surface area contributed by atoms with Gasteiger partial charge in [0.05, 0.1) is 15.6 Å². The molecule has 0 radical (unpaired) electrons. The maximum absolute atomic E-state index is 12.6. The van der Waals surface area contributed by atoms with Gasteiger partial charge in [-0.3, -0.25) is 19.3 Å². The first-order valence-electron chi connectivity index (χ1n) is 8.70. The SMILES string of the molecule is O=C(CN1C(=O)S/C(=C/c2ccc3c(c2)OCCO3)C1=O)Nc1ccccc1Cl. The number of anilines is 1. The lowest BCUT2D eigenvalue weighted by Gasteiger charge is -2.18.